The van der Waals surface area contributed by atoms with Crippen LogP contribution in [0.15, 0.2) is 30.3 Å². The van der Waals surface area contributed by atoms with E-state index in [4.69, 9.17) is 0 Å². The smallest absolute Gasteiger partial charge is 0.244 e. The van der Waals surface area contributed by atoms with Gasteiger partial charge in [0.1, 0.15) is 6.04 Å². The summed E-state index contributed by atoms with van der Waals surface area (Å²) in [6.07, 6.45) is 0. The topological polar surface area (TPSA) is 58.2 Å². The molecule has 0 saturated heterocycles. The molecule has 0 radical (unpaired) electrons. The second-order valence-corrected chi connectivity index (χ2v) is 6.14. The molecule has 0 bridgehead atoms. The lowest BCUT2D eigenvalue weighted by atomic mass is 10.0. The van der Waals surface area contributed by atoms with E-state index in [0.717, 1.165) is 5.56 Å². The third-order valence-electron chi connectivity index (χ3n) is 2.63. The molecule has 0 aliphatic heterocycles. The van der Waals surface area contributed by atoms with Crippen molar-refractivity contribution in [2.75, 3.05) is 0 Å². The Bertz CT molecular complexity index is 441. The third-order valence-corrected chi connectivity index (χ3v) is 2.88. The van der Waals surface area contributed by atoms with Gasteiger partial charge in [0, 0.05) is 18.2 Å². The molecule has 0 saturated carbocycles. The number of hydrogen-bond acceptors (Lipinski definition) is 3. The molecule has 1 atom stereocenters. The number of carbonyl (C=O) groups is 2. The molecule has 4 nitrogen and oxygen atoms in total. The summed E-state index contributed by atoms with van der Waals surface area (Å²) >= 11 is 4.37. The van der Waals surface area contributed by atoms with Gasteiger partial charge in [0.15, 0.2) is 0 Å². The zero-order valence-corrected chi connectivity index (χ0v) is 12.3. The largest absolute Gasteiger partial charge is 0.350 e. The summed E-state index contributed by atoms with van der Waals surface area (Å²) in [5.41, 5.74) is 1.01. The van der Waals surface area contributed by atoms with Crippen molar-refractivity contribution in [2.45, 2.75) is 38.1 Å². The number of benzene rings is 1. The first-order valence-electron chi connectivity index (χ1n) is 6.12. The first kappa shape index (κ1) is 15.6. The van der Waals surface area contributed by atoms with E-state index in [0.29, 0.717) is 6.54 Å². The number of hydrogen-bond donors (Lipinski definition) is 3. The van der Waals surface area contributed by atoms with E-state index >= 15 is 0 Å². The second kappa shape index (κ2) is 6.61. The molecule has 1 unspecified atom stereocenters. The van der Waals surface area contributed by atoms with E-state index in [1.54, 1.807) is 13.8 Å². The lowest BCUT2D eigenvalue weighted by Crippen LogP contribution is -2.55. The number of nitrogens with one attached hydrogen (secondary N) is 2. The Balaban J connectivity index is 2.65. The molecule has 5 heteroatoms. The fraction of sp³-hybridized carbons (Fsp3) is 0.429. The first-order chi connectivity index (χ1) is 8.80. The van der Waals surface area contributed by atoms with Gasteiger partial charge in [-0.1, -0.05) is 30.3 Å². The summed E-state index contributed by atoms with van der Waals surface area (Å²) in [5, 5.41) is 5.44. The van der Waals surface area contributed by atoms with Crippen LogP contribution in [0.3, 0.4) is 0 Å². The van der Waals surface area contributed by atoms with Crippen molar-refractivity contribution >= 4 is 24.4 Å². The quantitative estimate of drug-likeness (QED) is 0.716. The molecule has 2 amide bonds. The summed E-state index contributed by atoms with van der Waals surface area (Å²) in [5.74, 6) is -0.485. The van der Waals surface area contributed by atoms with Crippen molar-refractivity contribution in [3.8, 4) is 0 Å². The summed E-state index contributed by atoms with van der Waals surface area (Å²) in [4.78, 5) is 23.3. The summed E-state index contributed by atoms with van der Waals surface area (Å²) in [6.45, 7) is 5.40. The molecule has 0 spiro atoms. The number of thiol groups is 1. The Labute approximate surface area is 119 Å². The fourth-order valence-corrected chi connectivity index (χ4v) is 1.84. The van der Waals surface area contributed by atoms with Gasteiger partial charge in [-0.3, -0.25) is 9.59 Å². The van der Waals surface area contributed by atoms with Crippen LogP contribution in [0.2, 0.25) is 0 Å². The molecular formula is C14H20N2O2S. The Hall–Kier alpha value is -1.49. The SMILES string of the molecule is CC(=O)NC(C(=O)NCc1ccccc1)C(C)(C)S. The van der Waals surface area contributed by atoms with Gasteiger partial charge in [-0.15, -0.1) is 0 Å². The van der Waals surface area contributed by atoms with Gasteiger partial charge in [-0.2, -0.15) is 12.6 Å². The van der Waals surface area contributed by atoms with Crippen LogP contribution in [0.25, 0.3) is 0 Å². The van der Waals surface area contributed by atoms with Gasteiger partial charge in [0.2, 0.25) is 11.8 Å². The number of amides is 2. The van der Waals surface area contributed by atoms with Gasteiger partial charge in [-0.05, 0) is 19.4 Å². The van der Waals surface area contributed by atoms with E-state index in [2.05, 4.69) is 23.3 Å². The van der Waals surface area contributed by atoms with Crippen LogP contribution in [-0.2, 0) is 16.1 Å². The fourth-order valence-electron chi connectivity index (χ4n) is 1.65. The highest BCUT2D eigenvalue weighted by Gasteiger charge is 2.32. The van der Waals surface area contributed by atoms with Gasteiger partial charge in [0.05, 0.1) is 0 Å². The average molecular weight is 280 g/mol. The first-order valence-corrected chi connectivity index (χ1v) is 6.56. The minimum atomic E-state index is -0.669. The summed E-state index contributed by atoms with van der Waals surface area (Å²) in [7, 11) is 0. The Kier molecular flexibility index (Phi) is 5.42. The van der Waals surface area contributed by atoms with E-state index in [1.807, 2.05) is 30.3 Å². The van der Waals surface area contributed by atoms with E-state index in [9.17, 15) is 9.59 Å². The molecule has 0 heterocycles. The van der Waals surface area contributed by atoms with E-state index < -0.39 is 10.8 Å². The Morgan fingerprint density at radius 2 is 1.84 bits per heavy atom. The molecule has 1 rings (SSSR count). The van der Waals surface area contributed by atoms with Gasteiger partial charge in [0.25, 0.3) is 0 Å². The Morgan fingerprint density at radius 1 is 1.26 bits per heavy atom. The summed E-state index contributed by atoms with van der Waals surface area (Å²) < 4.78 is -0.632. The molecule has 104 valence electrons. The monoisotopic (exact) mass is 280 g/mol. The molecule has 0 aliphatic carbocycles. The molecule has 0 aromatic heterocycles. The lowest BCUT2D eigenvalue weighted by Gasteiger charge is -2.29. The predicted molar refractivity (Wildman–Crippen MR) is 79.0 cm³/mol. The molecule has 0 aliphatic rings. The van der Waals surface area contributed by atoms with E-state index in [-0.39, 0.29) is 11.8 Å². The normalized spacial score (nSPS) is 12.6. The van der Waals surface area contributed by atoms with Crippen LogP contribution in [0, 0.1) is 0 Å². The Morgan fingerprint density at radius 3 is 2.32 bits per heavy atom. The lowest BCUT2D eigenvalue weighted by molar-refractivity contribution is -0.128. The van der Waals surface area contributed by atoms with Gasteiger partial charge in [-0.25, -0.2) is 0 Å². The number of carbonyl (C=O) groups excluding carboxylic acids is 2. The zero-order chi connectivity index (χ0) is 14.5. The van der Waals surface area contributed by atoms with Crippen LogP contribution >= 0.6 is 12.6 Å². The van der Waals surface area contributed by atoms with Crippen LogP contribution in [0.1, 0.15) is 26.3 Å². The van der Waals surface area contributed by atoms with Crippen molar-refractivity contribution in [3.63, 3.8) is 0 Å². The van der Waals surface area contributed by atoms with Gasteiger partial charge >= 0.3 is 0 Å². The van der Waals surface area contributed by atoms with Crippen LogP contribution in [-0.4, -0.2) is 22.6 Å². The molecule has 1 aromatic rings. The van der Waals surface area contributed by atoms with Crippen molar-refractivity contribution < 1.29 is 9.59 Å². The maximum absolute atomic E-state index is 12.1. The molecule has 19 heavy (non-hydrogen) atoms. The minimum absolute atomic E-state index is 0.237. The van der Waals surface area contributed by atoms with Crippen LogP contribution in [0.4, 0.5) is 0 Å². The van der Waals surface area contributed by atoms with Crippen molar-refractivity contribution in [3.05, 3.63) is 35.9 Å². The molecule has 2 N–H and O–H groups in total. The second-order valence-electron chi connectivity index (χ2n) is 4.99. The van der Waals surface area contributed by atoms with Crippen molar-refractivity contribution in [2.24, 2.45) is 0 Å². The third kappa shape index (κ3) is 5.34. The highest BCUT2D eigenvalue weighted by atomic mass is 32.1. The van der Waals surface area contributed by atoms with Gasteiger partial charge < -0.3 is 10.6 Å². The summed E-state index contributed by atoms with van der Waals surface area (Å²) in [6, 6.07) is 8.93. The minimum Gasteiger partial charge on any atom is -0.350 e. The molecule has 0 fully saturated rings. The number of rotatable bonds is 5. The highest BCUT2D eigenvalue weighted by Crippen LogP contribution is 2.18. The maximum Gasteiger partial charge on any atom is 0.244 e. The molecular weight excluding hydrogens is 260 g/mol. The van der Waals surface area contributed by atoms with Crippen molar-refractivity contribution in [1.82, 2.24) is 10.6 Å². The maximum atomic E-state index is 12.1. The predicted octanol–water partition coefficient (Wildman–Crippen LogP) is 1.52. The van der Waals surface area contributed by atoms with E-state index in [1.165, 1.54) is 6.92 Å². The van der Waals surface area contributed by atoms with Crippen molar-refractivity contribution in [1.29, 1.82) is 0 Å². The van der Waals surface area contributed by atoms with Crippen LogP contribution < -0.4 is 10.6 Å². The standard InChI is InChI=1S/C14H20N2O2S/c1-10(17)16-12(14(2,3)19)13(18)15-9-11-7-5-4-6-8-11/h4-8,12,19H,9H2,1-3H3,(H,15,18)(H,16,17). The van der Waals surface area contributed by atoms with Crippen LogP contribution in [0.5, 0.6) is 0 Å². The highest BCUT2D eigenvalue weighted by molar-refractivity contribution is 7.81. The average Bonchev–Trinajstić information content (AvgIpc) is 2.33. The zero-order valence-electron chi connectivity index (χ0n) is 11.4. The molecule has 1 aromatic carbocycles.